The van der Waals surface area contributed by atoms with E-state index < -0.39 is 24.5 Å². The molecule has 1 N–H and O–H groups in total. The molecule has 9 heteroatoms. The second-order valence-electron chi connectivity index (χ2n) is 7.36. The van der Waals surface area contributed by atoms with E-state index in [4.69, 9.17) is 9.47 Å². The van der Waals surface area contributed by atoms with Gasteiger partial charge in [0.2, 0.25) is 0 Å². The normalized spacial score (nSPS) is 10.7. The fourth-order valence-corrected chi connectivity index (χ4v) is 4.28. The molecule has 2 amide bonds. The summed E-state index contributed by atoms with van der Waals surface area (Å²) in [6, 6.07) is 7.56. The van der Waals surface area contributed by atoms with E-state index in [1.54, 1.807) is 24.8 Å². The molecule has 8 nitrogen and oxygen atoms in total. The van der Waals surface area contributed by atoms with Gasteiger partial charge in [0.05, 0.1) is 17.0 Å². The van der Waals surface area contributed by atoms with E-state index in [0.29, 0.717) is 23.5 Å². The molecule has 182 valence electrons. The van der Waals surface area contributed by atoms with E-state index in [9.17, 15) is 19.2 Å². The van der Waals surface area contributed by atoms with E-state index in [1.165, 1.54) is 6.08 Å². The van der Waals surface area contributed by atoms with E-state index >= 15 is 0 Å². The van der Waals surface area contributed by atoms with Crippen LogP contribution in [0.15, 0.2) is 30.3 Å². The van der Waals surface area contributed by atoms with Crippen LogP contribution in [0.25, 0.3) is 6.08 Å². The Morgan fingerprint density at radius 3 is 2.24 bits per heavy atom. The first-order valence-electron chi connectivity index (χ1n) is 11.0. The van der Waals surface area contributed by atoms with Gasteiger partial charge in [0.15, 0.2) is 6.61 Å². The van der Waals surface area contributed by atoms with Crippen LogP contribution >= 0.6 is 11.3 Å². The highest BCUT2D eigenvalue weighted by molar-refractivity contribution is 7.18. The molecule has 34 heavy (non-hydrogen) atoms. The summed E-state index contributed by atoms with van der Waals surface area (Å²) in [5.74, 6) is -2.18. The number of nitrogens with zero attached hydrogens (tertiary/aromatic N) is 1. The molecular formula is C25H30N2O6S. The second-order valence-corrected chi connectivity index (χ2v) is 8.38. The predicted octanol–water partition coefficient (Wildman–Crippen LogP) is 4.22. The van der Waals surface area contributed by atoms with Gasteiger partial charge in [0.25, 0.3) is 11.8 Å². The maximum Gasteiger partial charge on any atom is 0.341 e. The molecule has 0 radical (unpaired) electrons. The number of esters is 2. The van der Waals surface area contributed by atoms with Gasteiger partial charge in [-0.15, -0.1) is 11.3 Å². The number of carbonyl (C=O) groups excluding carboxylic acids is 4. The summed E-state index contributed by atoms with van der Waals surface area (Å²) in [6.07, 6.45) is 2.82. The van der Waals surface area contributed by atoms with Crippen LogP contribution < -0.4 is 5.32 Å². The van der Waals surface area contributed by atoms with E-state index in [0.717, 1.165) is 22.5 Å². The Morgan fingerprint density at radius 1 is 1.00 bits per heavy atom. The zero-order chi connectivity index (χ0) is 25.3. The number of carbonyl (C=O) groups is 4. The van der Waals surface area contributed by atoms with Crippen molar-refractivity contribution in [3.63, 3.8) is 0 Å². The van der Waals surface area contributed by atoms with Crippen LogP contribution in [0.5, 0.6) is 0 Å². The summed E-state index contributed by atoms with van der Waals surface area (Å²) in [7, 11) is 0. The number of hydrogen-bond donors (Lipinski definition) is 1. The molecule has 1 heterocycles. The van der Waals surface area contributed by atoms with Crippen LogP contribution in [-0.2, 0) is 19.1 Å². The molecule has 0 aliphatic rings. The topological polar surface area (TPSA) is 102 Å². The zero-order valence-corrected chi connectivity index (χ0v) is 20.9. The largest absolute Gasteiger partial charge is 0.462 e. The van der Waals surface area contributed by atoms with Crippen molar-refractivity contribution in [3.05, 3.63) is 57.5 Å². The Hall–Kier alpha value is -3.46. The van der Waals surface area contributed by atoms with Crippen LogP contribution in [0, 0.1) is 13.8 Å². The third-order valence-corrected chi connectivity index (χ3v) is 6.15. The maximum absolute atomic E-state index is 12.9. The molecule has 0 fully saturated rings. The fourth-order valence-electron chi connectivity index (χ4n) is 3.10. The second kappa shape index (κ2) is 12.7. The van der Waals surface area contributed by atoms with Gasteiger partial charge in [-0.3, -0.25) is 9.59 Å². The van der Waals surface area contributed by atoms with E-state index in [-0.39, 0.29) is 23.1 Å². The smallest absolute Gasteiger partial charge is 0.341 e. The molecule has 1 aromatic heterocycles. The van der Waals surface area contributed by atoms with Crippen LogP contribution in [-0.4, -0.2) is 55.0 Å². The minimum Gasteiger partial charge on any atom is -0.462 e. The number of hydrogen-bond acceptors (Lipinski definition) is 7. The Bertz CT molecular complexity index is 1070. The number of ether oxygens (including phenoxy) is 2. The highest BCUT2D eigenvalue weighted by Crippen LogP contribution is 2.34. The number of rotatable bonds is 10. The lowest BCUT2D eigenvalue weighted by Crippen LogP contribution is -2.30. The van der Waals surface area contributed by atoms with Gasteiger partial charge in [-0.2, -0.15) is 0 Å². The van der Waals surface area contributed by atoms with Gasteiger partial charge < -0.3 is 19.7 Å². The third-order valence-electron chi connectivity index (χ3n) is 4.96. The molecule has 0 bridgehead atoms. The molecule has 0 saturated carbocycles. The summed E-state index contributed by atoms with van der Waals surface area (Å²) < 4.78 is 10.1. The number of thiophene rings is 1. The Morgan fingerprint density at radius 2 is 1.65 bits per heavy atom. The summed E-state index contributed by atoms with van der Waals surface area (Å²) in [4.78, 5) is 51.8. The van der Waals surface area contributed by atoms with Crippen LogP contribution in [0.3, 0.4) is 0 Å². The number of aryl methyl sites for hydroxylation is 1. The summed E-state index contributed by atoms with van der Waals surface area (Å²) in [5, 5.41) is 2.77. The summed E-state index contributed by atoms with van der Waals surface area (Å²) in [5.41, 5.74) is 2.49. The maximum atomic E-state index is 12.9. The van der Waals surface area contributed by atoms with Crippen molar-refractivity contribution in [2.45, 2.75) is 34.6 Å². The number of anilines is 1. The average Bonchev–Trinajstić information content (AvgIpc) is 3.13. The number of amides is 2. The lowest BCUT2D eigenvalue weighted by atomic mass is 10.1. The lowest BCUT2D eigenvalue weighted by Gasteiger charge is -2.18. The van der Waals surface area contributed by atoms with Gasteiger partial charge in [0.1, 0.15) is 5.00 Å². The molecule has 0 aliphatic heterocycles. The molecule has 2 rings (SSSR count). The SMILES string of the molecule is CCOC(=O)c1c(NC(=O)COC(=O)/C=C/c2ccc(C)cc2)sc(C(=O)N(CC)CC)c1C. The standard InChI is InChI=1S/C25H30N2O6S/c1-6-27(7-2)24(30)22-17(5)21(25(31)32-8-3)23(34-22)26-19(28)15-33-20(29)14-13-18-11-9-16(4)10-12-18/h9-14H,6-8,15H2,1-5H3,(H,26,28)/b14-13+. The van der Waals surface area contributed by atoms with Crippen LogP contribution in [0.2, 0.25) is 0 Å². The molecule has 2 aromatic rings. The zero-order valence-electron chi connectivity index (χ0n) is 20.1. The van der Waals surface area contributed by atoms with Crippen molar-refractivity contribution >= 4 is 46.2 Å². The van der Waals surface area contributed by atoms with Gasteiger partial charge in [-0.25, -0.2) is 9.59 Å². The van der Waals surface area contributed by atoms with Gasteiger partial charge in [-0.05, 0) is 51.8 Å². The summed E-state index contributed by atoms with van der Waals surface area (Å²) in [6.45, 7) is 9.62. The van der Waals surface area contributed by atoms with Crippen LogP contribution in [0.1, 0.15) is 57.5 Å². The van der Waals surface area contributed by atoms with Crippen LogP contribution in [0.4, 0.5) is 5.00 Å². The molecule has 0 aliphatic carbocycles. The summed E-state index contributed by atoms with van der Waals surface area (Å²) >= 11 is 1.00. The van der Waals surface area contributed by atoms with Crippen molar-refractivity contribution in [3.8, 4) is 0 Å². The van der Waals surface area contributed by atoms with Crippen molar-refractivity contribution in [1.29, 1.82) is 0 Å². The third kappa shape index (κ3) is 7.02. The molecule has 0 atom stereocenters. The fraction of sp³-hybridized carbons (Fsp3) is 0.360. The average molecular weight is 487 g/mol. The van der Waals surface area contributed by atoms with Crippen molar-refractivity contribution in [2.75, 3.05) is 31.6 Å². The highest BCUT2D eigenvalue weighted by Gasteiger charge is 2.28. The monoisotopic (exact) mass is 486 g/mol. The Labute approximate surface area is 203 Å². The predicted molar refractivity (Wildman–Crippen MR) is 132 cm³/mol. The van der Waals surface area contributed by atoms with Gasteiger partial charge >= 0.3 is 11.9 Å². The molecule has 0 unspecified atom stereocenters. The minimum atomic E-state index is -0.680. The Balaban J connectivity index is 2.12. The first-order chi connectivity index (χ1) is 16.2. The van der Waals surface area contributed by atoms with Crippen molar-refractivity contribution < 1.29 is 28.7 Å². The van der Waals surface area contributed by atoms with E-state index in [1.807, 2.05) is 45.0 Å². The molecular weight excluding hydrogens is 456 g/mol. The van der Waals surface area contributed by atoms with E-state index in [2.05, 4.69) is 5.32 Å². The first kappa shape index (κ1) is 26.8. The highest BCUT2D eigenvalue weighted by atomic mass is 32.1. The number of benzene rings is 1. The van der Waals surface area contributed by atoms with Crippen molar-refractivity contribution in [1.82, 2.24) is 4.90 Å². The Kier molecular flexibility index (Phi) is 10.0. The molecule has 0 spiro atoms. The lowest BCUT2D eigenvalue weighted by molar-refractivity contribution is -0.142. The van der Waals surface area contributed by atoms with Gasteiger partial charge in [0, 0.05) is 19.2 Å². The van der Waals surface area contributed by atoms with Crippen molar-refractivity contribution in [2.24, 2.45) is 0 Å². The molecule has 1 aromatic carbocycles. The first-order valence-corrected chi connectivity index (χ1v) is 11.8. The minimum absolute atomic E-state index is 0.126. The number of nitrogens with one attached hydrogen (secondary N) is 1. The quantitative estimate of drug-likeness (QED) is 0.399. The molecule has 0 saturated heterocycles. The van der Waals surface area contributed by atoms with Gasteiger partial charge in [-0.1, -0.05) is 29.8 Å².